The first kappa shape index (κ1) is 22.3. The summed E-state index contributed by atoms with van der Waals surface area (Å²) in [5, 5.41) is 3.74. The van der Waals surface area contributed by atoms with E-state index in [4.69, 9.17) is 27.9 Å². The first-order chi connectivity index (χ1) is 13.2. The summed E-state index contributed by atoms with van der Waals surface area (Å²) in [6, 6.07) is 9.96. The molecular formula is C19H22Cl2N2O4S. The van der Waals surface area contributed by atoms with Crippen LogP contribution in [0, 0.1) is 6.92 Å². The zero-order valence-corrected chi connectivity index (χ0v) is 17.9. The Bertz CT molecular complexity index is 949. The Labute approximate surface area is 175 Å². The minimum Gasteiger partial charge on any atom is -0.492 e. The monoisotopic (exact) mass is 444 g/mol. The first-order valence-corrected chi connectivity index (χ1v) is 11.1. The van der Waals surface area contributed by atoms with Crippen molar-refractivity contribution in [2.75, 3.05) is 22.4 Å². The molecule has 6 nitrogen and oxygen atoms in total. The number of ether oxygens (including phenoxy) is 1. The van der Waals surface area contributed by atoms with Crippen LogP contribution in [0.1, 0.15) is 25.3 Å². The van der Waals surface area contributed by atoms with Crippen molar-refractivity contribution in [3.63, 3.8) is 0 Å². The zero-order valence-electron chi connectivity index (χ0n) is 15.6. The lowest BCUT2D eigenvalue weighted by Gasteiger charge is -2.12. The largest absolute Gasteiger partial charge is 0.492 e. The summed E-state index contributed by atoms with van der Waals surface area (Å²) in [6.07, 6.45) is 0.784. The highest BCUT2D eigenvalue weighted by atomic mass is 35.5. The van der Waals surface area contributed by atoms with E-state index in [1.807, 2.05) is 0 Å². The highest BCUT2D eigenvalue weighted by Crippen LogP contribution is 2.27. The highest BCUT2D eigenvalue weighted by molar-refractivity contribution is 7.92. The summed E-state index contributed by atoms with van der Waals surface area (Å²) < 4.78 is 31.4. The van der Waals surface area contributed by atoms with Crippen molar-refractivity contribution in [1.29, 1.82) is 0 Å². The maximum absolute atomic E-state index is 12.1. The van der Waals surface area contributed by atoms with Crippen LogP contribution in [0.5, 0.6) is 5.75 Å². The summed E-state index contributed by atoms with van der Waals surface area (Å²) >= 11 is 11.9. The lowest BCUT2D eigenvalue weighted by molar-refractivity contribution is -0.116. The lowest BCUT2D eigenvalue weighted by atomic mass is 10.2. The Hall–Kier alpha value is -1.96. The first-order valence-electron chi connectivity index (χ1n) is 8.69. The molecule has 0 unspecified atom stereocenters. The summed E-state index contributed by atoms with van der Waals surface area (Å²) in [5.74, 6) is 0.355. The minimum atomic E-state index is -3.34. The molecule has 2 aromatic carbocycles. The second kappa shape index (κ2) is 10.0. The van der Waals surface area contributed by atoms with Crippen molar-refractivity contribution < 1.29 is 17.9 Å². The lowest BCUT2D eigenvalue weighted by Crippen LogP contribution is -2.16. The smallest absolute Gasteiger partial charge is 0.232 e. The molecule has 0 heterocycles. The normalized spacial score (nSPS) is 11.1. The van der Waals surface area contributed by atoms with Crippen LogP contribution in [0.15, 0.2) is 36.4 Å². The third-order valence-electron chi connectivity index (χ3n) is 3.86. The quantitative estimate of drug-likeness (QED) is 0.540. The molecule has 9 heteroatoms. The van der Waals surface area contributed by atoms with Gasteiger partial charge in [0.25, 0.3) is 0 Å². The van der Waals surface area contributed by atoms with Crippen molar-refractivity contribution in [3.05, 3.63) is 52.0 Å². The second-order valence-electron chi connectivity index (χ2n) is 6.11. The van der Waals surface area contributed by atoms with Gasteiger partial charge in [-0.2, -0.15) is 0 Å². The number of amides is 1. The molecule has 0 aliphatic heterocycles. The number of rotatable bonds is 9. The summed E-state index contributed by atoms with van der Waals surface area (Å²) in [4.78, 5) is 12.1. The molecule has 0 aliphatic carbocycles. The van der Waals surface area contributed by atoms with Gasteiger partial charge in [-0.3, -0.25) is 9.52 Å². The van der Waals surface area contributed by atoms with E-state index in [-0.39, 0.29) is 18.1 Å². The summed E-state index contributed by atoms with van der Waals surface area (Å²) in [6.45, 7) is 3.68. The number of anilines is 2. The molecular weight excluding hydrogens is 423 g/mol. The van der Waals surface area contributed by atoms with Gasteiger partial charge in [0.1, 0.15) is 5.75 Å². The highest BCUT2D eigenvalue weighted by Gasteiger charge is 2.10. The standard InChI is InChI=1S/C19H22Cl2N2O4S/c1-3-28(25,26)23-17-8-7-15(11-13(17)2)22-19(24)5-4-10-27-18-9-6-14(20)12-16(18)21/h6-9,11-12,23H,3-5,10H2,1-2H3,(H,22,24). The maximum atomic E-state index is 12.1. The third kappa shape index (κ3) is 6.89. The Morgan fingerprint density at radius 2 is 1.89 bits per heavy atom. The van der Waals surface area contributed by atoms with Gasteiger partial charge in [-0.25, -0.2) is 8.42 Å². The SMILES string of the molecule is CCS(=O)(=O)Nc1ccc(NC(=O)CCCOc2ccc(Cl)cc2Cl)cc1C. The fourth-order valence-electron chi connectivity index (χ4n) is 2.33. The number of aryl methyl sites for hydroxylation is 1. The van der Waals surface area contributed by atoms with Gasteiger partial charge in [-0.1, -0.05) is 23.2 Å². The summed E-state index contributed by atoms with van der Waals surface area (Å²) in [5.41, 5.74) is 1.81. The van der Waals surface area contributed by atoms with Crippen LogP contribution in [0.3, 0.4) is 0 Å². The maximum Gasteiger partial charge on any atom is 0.232 e. The zero-order chi connectivity index (χ0) is 20.7. The molecule has 0 saturated carbocycles. The molecule has 0 atom stereocenters. The Kier molecular flexibility index (Phi) is 7.98. The molecule has 28 heavy (non-hydrogen) atoms. The van der Waals surface area contributed by atoms with E-state index in [0.29, 0.717) is 40.2 Å². The number of carbonyl (C=O) groups is 1. The average Bonchev–Trinajstić information content (AvgIpc) is 2.62. The van der Waals surface area contributed by atoms with Gasteiger partial charge in [0.2, 0.25) is 15.9 Å². The number of carbonyl (C=O) groups excluding carboxylic acids is 1. The number of sulfonamides is 1. The number of hydrogen-bond acceptors (Lipinski definition) is 4. The molecule has 2 rings (SSSR count). The van der Waals surface area contributed by atoms with E-state index in [1.165, 1.54) is 0 Å². The third-order valence-corrected chi connectivity index (χ3v) is 5.68. The van der Waals surface area contributed by atoms with Gasteiger partial charge in [-0.15, -0.1) is 0 Å². The van der Waals surface area contributed by atoms with E-state index in [0.717, 1.165) is 5.56 Å². The van der Waals surface area contributed by atoms with Crippen molar-refractivity contribution in [2.45, 2.75) is 26.7 Å². The van der Waals surface area contributed by atoms with Crippen LogP contribution in [0.4, 0.5) is 11.4 Å². The molecule has 0 bridgehead atoms. The van der Waals surface area contributed by atoms with E-state index in [9.17, 15) is 13.2 Å². The van der Waals surface area contributed by atoms with Crippen LogP contribution >= 0.6 is 23.2 Å². The van der Waals surface area contributed by atoms with Gasteiger partial charge in [0.05, 0.1) is 23.1 Å². The molecule has 0 aromatic heterocycles. The van der Waals surface area contributed by atoms with Crippen molar-refractivity contribution in [2.24, 2.45) is 0 Å². The topological polar surface area (TPSA) is 84.5 Å². The van der Waals surface area contributed by atoms with Gasteiger partial charge < -0.3 is 10.1 Å². The van der Waals surface area contributed by atoms with Crippen molar-refractivity contribution in [1.82, 2.24) is 0 Å². The molecule has 0 radical (unpaired) electrons. The van der Waals surface area contributed by atoms with E-state index < -0.39 is 10.0 Å². The van der Waals surface area contributed by atoms with Crippen LogP contribution in [-0.2, 0) is 14.8 Å². The van der Waals surface area contributed by atoms with Crippen LogP contribution in [-0.4, -0.2) is 26.7 Å². The van der Waals surface area contributed by atoms with E-state index in [1.54, 1.807) is 50.2 Å². The second-order valence-corrected chi connectivity index (χ2v) is 8.96. The van der Waals surface area contributed by atoms with Gasteiger partial charge in [0, 0.05) is 17.1 Å². The average molecular weight is 445 g/mol. The summed E-state index contributed by atoms with van der Waals surface area (Å²) in [7, 11) is -3.34. The molecule has 0 aliphatic rings. The molecule has 1 amide bonds. The minimum absolute atomic E-state index is 0.00572. The number of nitrogens with one attached hydrogen (secondary N) is 2. The molecule has 0 spiro atoms. The van der Waals surface area contributed by atoms with Gasteiger partial charge >= 0.3 is 0 Å². The van der Waals surface area contributed by atoms with Crippen molar-refractivity contribution >= 4 is 50.5 Å². The Morgan fingerprint density at radius 3 is 2.54 bits per heavy atom. The van der Waals surface area contributed by atoms with E-state index >= 15 is 0 Å². The van der Waals surface area contributed by atoms with Crippen LogP contribution in [0.2, 0.25) is 10.0 Å². The number of hydrogen-bond donors (Lipinski definition) is 2. The molecule has 2 N–H and O–H groups in total. The van der Waals surface area contributed by atoms with Gasteiger partial charge in [-0.05, 0) is 62.2 Å². The predicted molar refractivity (Wildman–Crippen MR) is 114 cm³/mol. The Morgan fingerprint density at radius 1 is 1.14 bits per heavy atom. The number of benzene rings is 2. The Balaban J connectivity index is 1.82. The fourth-order valence-corrected chi connectivity index (χ4v) is 3.50. The van der Waals surface area contributed by atoms with E-state index in [2.05, 4.69) is 10.0 Å². The van der Waals surface area contributed by atoms with Gasteiger partial charge in [0.15, 0.2) is 0 Å². The van der Waals surface area contributed by atoms with Crippen molar-refractivity contribution in [3.8, 4) is 5.75 Å². The molecule has 152 valence electrons. The predicted octanol–water partition coefficient (Wildman–Crippen LogP) is 4.86. The molecule has 0 fully saturated rings. The molecule has 2 aromatic rings. The van der Waals surface area contributed by atoms with Crippen LogP contribution < -0.4 is 14.8 Å². The van der Waals surface area contributed by atoms with Crippen LogP contribution in [0.25, 0.3) is 0 Å². The molecule has 0 saturated heterocycles. The fraction of sp³-hybridized carbons (Fsp3) is 0.316. The number of halogens is 2.